The minimum atomic E-state index is -3.52. The van der Waals surface area contributed by atoms with Crippen LogP contribution in [-0.2, 0) is 16.4 Å². The van der Waals surface area contributed by atoms with Crippen LogP contribution in [0.25, 0.3) is 0 Å². The van der Waals surface area contributed by atoms with Gasteiger partial charge in [0, 0.05) is 6.54 Å². The topological polar surface area (TPSA) is 59.3 Å². The minimum absolute atomic E-state index is 0.354. The SMILES string of the molecule is Cc1c(C)c(C)c(S(=O)(=O)NCCc2ccoc2)c(C)c1C. The molecule has 0 unspecified atom stereocenters. The molecule has 22 heavy (non-hydrogen) atoms. The lowest BCUT2D eigenvalue weighted by Gasteiger charge is -2.19. The lowest BCUT2D eigenvalue weighted by atomic mass is 9.95. The Labute approximate surface area is 132 Å². The molecule has 0 atom stereocenters. The second-order valence-corrected chi connectivity index (χ2v) is 7.44. The predicted molar refractivity (Wildman–Crippen MR) is 87.7 cm³/mol. The van der Waals surface area contributed by atoms with Crippen molar-refractivity contribution in [2.24, 2.45) is 0 Å². The van der Waals surface area contributed by atoms with Crippen LogP contribution in [0.5, 0.6) is 0 Å². The van der Waals surface area contributed by atoms with Crippen molar-refractivity contribution in [2.45, 2.75) is 45.9 Å². The first kappa shape index (κ1) is 16.8. The van der Waals surface area contributed by atoms with Crippen molar-refractivity contribution < 1.29 is 12.8 Å². The second-order valence-electron chi connectivity index (χ2n) is 5.73. The van der Waals surface area contributed by atoms with Gasteiger partial charge in [-0.3, -0.25) is 0 Å². The molecule has 0 aliphatic heterocycles. The molecule has 1 aromatic heterocycles. The molecule has 2 rings (SSSR count). The van der Waals surface area contributed by atoms with E-state index in [9.17, 15) is 8.42 Å². The highest BCUT2D eigenvalue weighted by Gasteiger charge is 2.23. The van der Waals surface area contributed by atoms with Gasteiger partial charge in [-0.25, -0.2) is 13.1 Å². The number of furan rings is 1. The lowest BCUT2D eigenvalue weighted by Crippen LogP contribution is -2.28. The van der Waals surface area contributed by atoms with Crippen molar-refractivity contribution in [3.8, 4) is 0 Å². The standard InChI is InChI=1S/C17H23NO3S/c1-11-12(2)14(4)17(15(5)13(11)3)22(19,20)18-8-6-16-7-9-21-10-16/h7,9-10,18H,6,8H2,1-5H3. The largest absolute Gasteiger partial charge is 0.472 e. The maximum atomic E-state index is 12.7. The maximum Gasteiger partial charge on any atom is 0.241 e. The molecule has 0 radical (unpaired) electrons. The van der Waals surface area contributed by atoms with Gasteiger partial charge in [-0.2, -0.15) is 0 Å². The van der Waals surface area contributed by atoms with Crippen LogP contribution in [0.1, 0.15) is 33.4 Å². The van der Waals surface area contributed by atoms with E-state index in [-0.39, 0.29) is 0 Å². The van der Waals surface area contributed by atoms with E-state index in [1.54, 1.807) is 12.5 Å². The van der Waals surface area contributed by atoms with Crippen LogP contribution in [-0.4, -0.2) is 15.0 Å². The number of sulfonamides is 1. The van der Waals surface area contributed by atoms with E-state index in [4.69, 9.17) is 4.42 Å². The third-order valence-electron chi connectivity index (χ3n) is 4.49. The van der Waals surface area contributed by atoms with E-state index in [1.165, 1.54) is 0 Å². The Morgan fingerprint density at radius 2 is 1.50 bits per heavy atom. The summed E-state index contributed by atoms with van der Waals surface area (Å²) in [7, 11) is -3.52. The Balaban J connectivity index is 2.30. The molecule has 5 heteroatoms. The fraction of sp³-hybridized carbons (Fsp3) is 0.412. The number of hydrogen-bond donors (Lipinski definition) is 1. The summed E-state index contributed by atoms with van der Waals surface area (Å²) >= 11 is 0. The van der Waals surface area contributed by atoms with Gasteiger partial charge in [-0.15, -0.1) is 0 Å². The molecule has 0 amide bonds. The number of rotatable bonds is 5. The summed E-state index contributed by atoms with van der Waals surface area (Å²) in [6.07, 6.45) is 3.83. The molecule has 2 aromatic rings. The molecule has 0 aliphatic carbocycles. The Morgan fingerprint density at radius 3 is 2.00 bits per heavy atom. The van der Waals surface area contributed by atoms with Crippen molar-refractivity contribution in [3.63, 3.8) is 0 Å². The monoisotopic (exact) mass is 321 g/mol. The fourth-order valence-corrected chi connectivity index (χ4v) is 4.33. The first-order valence-electron chi connectivity index (χ1n) is 7.33. The third-order valence-corrected chi connectivity index (χ3v) is 6.22. The Kier molecular flexibility index (Phi) is 4.78. The summed E-state index contributed by atoms with van der Waals surface area (Å²) in [5, 5.41) is 0. The molecule has 4 nitrogen and oxygen atoms in total. The zero-order chi connectivity index (χ0) is 16.5. The van der Waals surface area contributed by atoms with E-state index >= 15 is 0 Å². The van der Waals surface area contributed by atoms with Crippen LogP contribution < -0.4 is 4.72 Å². The highest BCUT2D eigenvalue weighted by molar-refractivity contribution is 7.89. The smallest absolute Gasteiger partial charge is 0.241 e. The first-order valence-corrected chi connectivity index (χ1v) is 8.81. The van der Waals surface area contributed by atoms with Gasteiger partial charge in [-0.05, 0) is 80.5 Å². The van der Waals surface area contributed by atoms with Crippen LogP contribution in [0.2, 0.25) is 0 Å². The normalized spacial score (nSPS) is 11.9. The van der Waals surface area contributed by atoms with Gasteiger partial charge in [0.1, 0.15) is 0 Å². The van der Waals surface area contributed by atoms with Crippen LogP contribution in [0.15, 0.2) is 27.9 Å². The lowest BCUT2D eigenvalue weighted by molar-refractivity contribution is 0.562. The molecular weight excluding hydrogens is 298 g/mol. The van der Waals surface area contributed by atoms with E-state index < -0.39 is 10.0 Å². The van der Waals surface area contributed by atoms with E-state index in [1.807, 2.05) is 40.7 Å². The average molecular weight is 321 g/mol. The highest BCUT2D eigenvalue weighted by atomic mass is 32.2. The van der Waals surface area contributed by atoms with Crippen molar-refractivity contribution in [2.75, 3.05) is 6.54 Å². The molecule has 0 bridgehead atoms. The molecule has 0 spiro atoms. The van der Waals surface area contributed by atoms with E-state index in [2.05, 4.69) is 4.72 Å². The molecule has 0 fully saturated rings. The van der Waals surface area contributed by atoms with Crippen molar-refractivity contribution >= 4 is 10.0 Å². The molecule has 1 aromatic carbocycles. The van der Waals surface area contributed by atoms with Crippen molar-refractivity contribution in [1.29, 1.82) is 0 Å². The number of hydrogen-bond acceptors (Lipinski definition) is 3. The fourth-order valence-electron chi connectivity index (χ4n) is 2.71. The van der Waals surface area contributed by atoms with Gasteiger partial charge in [-0.1, -0.05) is 0 Å². The van der Waals surface area contributed by atoms with Gasteiger partial charge in [0.15, 0.2) is 0 Å². The Morgan fingerprint density at radius 1 is 0.955 bits per heavy atom. The van der Waals surface area contributed by atoms with Gasteiger partial charge < -0.3 is 4.42 Å². The predicted octanol–water partition coefficient (Wildman–Crippen LogP) is 3.34. The zero-order valence-corrected chi connectivity index (χ0v) is 14.6. The Bertz CT molecular complexity index is 746. The summed E-state index contributed by atoms with van der Waals surface area (Å²) < 4.78 is 33.1. The second kappa shape index (κ2) is 6.26. The summed E-state index contributed by atoms with van der Waals surface area (Å²) in [6, 6.07) is 1.84. The van der Waals surface area contributed by atoms with Crippen LogP contribution in [0.4, 0.5) is 0 Å². The summed E-state index contributed by atoms with van der Waals surface area (Å²) in [5.41, 5.74) is 5.88. The number of nitrogens with one attached hydrogen (secondary N) is 1. The number of benzene rings is 1. The molecule has 0 saturated heterocycles. The Hall–Kier alpha value is -1.59. The van der Waals surface area contributed by atoms with Crippen LogP contribution >= 0.6 is 0 Å². The average Bonchev–Trinajstić information content (AvgIpc) is 2.96. The zero-order valence-electron chi connectivity index (χ0n) is 13.8. The molecule has 0 aliphatic rings. The quantitative estimate of drug-likeness (QED) is 0.919. The molecule has 120 valence electrons. The summed E-state index contributed by atoms with van der Waals surface area (Å²) in [6.45, 7) is 10.1. The molecule has 0 saturated carbocycles. The van der Waals surface area contributed by atoms with Gasteiger partial charge in [0.05, 0.1) is 17.4 Å². The summed E-state index contributed by atoms with van der Waals surface area (Å²) in [5.74, 6) is 0. The van der Waals surface area contributed by atoms with Gasteiger partial charge in [0.25, 0.3) is 0 Å². The van der Waals surface area contributed by atoms with Crippen LogP contribution in [0.3, 0.4) is 0 Å². The van der Waals surface area contributed by atoms with Crippen molar-refractivity contribution in [3.05, 3.63) is 52.0 Å². The molecule has 1 heterocycles. The maximum absolute atomic E-state index is 12.7. The van der Waals surface area contributed by atoms with Crippen molar-refractivity contribution in [1.82, 2.24) is 4.72 Å². The van der Waals surface area contributed by atoms with Gasteiger partial charge in [0.2, 0.25) is 10.0 Å². The first-order chi connectivity index (χ1) is 10.3. The van der Waals surface area contributed by atoms with E-state index in [0.29, 0.717) is 17.9 Å². The van der Waals surface area contributed by atoms with E-state index in [0.717, 1.165) is 33.4 Å². The third kappa shape index (κ3) is 3.10. The molecular formula is C17H23NO3S. The van der Waals surface area contributed by atoms with Gasteiger partial charge >= 0.3 is 0 Å². The molecule has 1 N–H and O–H groups in total. The highest BCUT2D eigenvalue weighted by Crippen LogP contribution is 2.29. The summed E-state index contributed by atoms with van der Waals surface area (Å²) in [4.78, 5) is 0.417. The van der Waals surface area contributed by atoms with Crippen LogP contribution in [0, 0.1) is 34.6 Å². The minimum Gasteiger partial charge on any atom is -0.472 e.